The van der Waals surface area contributed by atoms with E-state index in [0.717, 1.165) is 48.6 Å². The molecule has 0 aliphatic carbocycles. The molecule has 0 unspecified atom stereocenters. The van der Waals surface area contributed by atoms with Gasteiger partial charge in [-0.2, -0.15) is 0 Å². The average molecular weight is 514 g/mol. The first-order valence-corrected chi connectivity index (χ1v) is 12.8. The Morgan fingerprint density at radius 1 is 1.03 bits per heavy atom. The maximum absolute atomic E-state index is 13.7. The average Bonchev–Trinajstić information content (AvgIpc) is 3.07. The van der Waals surface area contributed by atoms with Crippen LogP contribution in [0.4, 0.5) is 5.82 Å². The van der Waals surface area contributed by atoms with E-state index in [2.05, 4.69) is 25.5 Å². The molecule has 0 radical (unpaired) electrons. The SMILES string of the molecule is Cc1cnc(C(=O)NC(=O)c2c(=O)c3ccc(N4CCCNCC4)nc3n3c2sc2ccccc23)cn1. The standard InChI is InChI=1S/C26H23N7O3S/c1-15-13-29-17(14-28-15)24(35)31-25(36)21-22(34)16-7-8-20(32-11-4-9-27-10-12-32)30-23(16)33-18-5-2-3-6-19(18)37-26(21)33/h2-3,5-8,13-14,27H,4,9-12H2,1H3,(H,31,35,36). The first-order valence-electron chi connectivity index (χ1n) is 12.0. The normalized spacial score (nSPS) is 14.2. The van der Waals surface area contributed by atoms with Gasteiger partial charge in [0.25, 0.3) is 11.8 Å². The summed E-state index contributed by atoms with van der Waals surface area (Å²) in [6.45, 7) is 5.23. The smallest absolute Gasteiger partial charge is 0.278 e. The van der Waals surface area contributed by atoms with Crippen LogP contribution in [0.2, 0.25) is 0 Å². The molecule has 1 fully saturated rings. The molecule has 0 spiro atoms. The lowest BCUT2D eigenvalue weighted by Crippen LogP contribution is -2.35. The third-order valence-electron chi connectivity index (χ3n) is 6.41. The predicted molar refractivity (Wildman–Crippen MR) is 143 cm³/mol. The molecule has 1 aliphatic rings. The topological polar surface area (TPSA) is 122 Å². The van der Waals surface area contributed by atoms with Gasteiger partial charge in [-0.05, 0) is 44.2 Å². The molecule has 2 amide bonds. The Labute approximate surface area is 215 Å². The van der Waals surface area contributed by atoms with Crippen molar-refractivity contribution in [3.63, 3.8) is 0 Å². The summed E-state index contributed by atoms with van der Waals surface area (Å²) in [6, 6.07) is 11.2. The largest absolute Gasteiger partial charge is 0.355 e. The maximum Gasteiger partial charge on any atom is 0.278 e. The van der Waals surface area contributed by atoms with Crippen LogP contribution >= 0.6 is 11.3 Å². The number of aryl methyl sites for hydroxylation is 1. The molecule has 1 saturated heterocycles. The molecule has 37 heavy (non-hydrogen) atoms. The number of imide groups is 1. The van der Waals surface area contributed by atoms with Crippen molar-refractivity contribution >= 4 is 55.0 Å². The quantitative estimate of drug-likeness (QED) is 0.353. The van der Waals surface area contributed by atoms with E-state index < -0.39 is 17.2 Å². The van der Waals surface area contributed by atoms with E-state index in [-0.39, 0.29) is 11.3 Å². The lowest BCUT2D eigenvalue weighted by molar-refractivity contribution is 0.0846. The van der Waals surface area contributed by atoms with Gasteiger partial charge in [0.1, 0.15) is 21.9 Å². The highest BCUT2D eigenvalue weighted by Gasteiger charge is 2.25. The summed E-state index contributed by atoms with van der Waals surface area (Å²) >= 11 is 1.31. The molecule has 186 valence electrons. The Kier molecular flexibility index (Phi) is 5.85. The van der Waals surface area contributed by atoms with Gasteiger partial charge in [0.15, 0.2) is 5.65 Å². The third-order valence-corrected chi connectivity index (χ3v) is 7.55. The summed E-state index contributed by atoms with van der Waals surface area (Å²) in [5.41, 5.74) is 1.38. The molecule has 6 rings (SSSR count). The zero-order valence-corrected chi connectivity index (χ0v) is 20.8. The second-order valence-corrected chi connectivity index (χ2v) is 9.90. The van der Waals surface area contributed by atoms with E-state index in [4.69, 9.17) is 4.98 Å². The number of benzene rings is 1. The van der Waals surface area contributed by atoms with Crippen LogP contribution < -0.4 is 21.0 Å². The van der Waals surface area contributed by atoms with Crippen molar-refractivity contribution < 1.29 is 9.59 Å². The Hall–Kier alpha value is -4.22. The highest BCUT2D eigenvalue weighted by atomic mass is 32.1. The molecule has 11 heteroatoms. The van der Waals surface area contributed by atoms with E-state index in [1.807, 2.05) is 34.7 Å². The first-order chi connectivity index (χ1) is 18.0. The summed E-state index contributed by atoms with van der Waals surface area (Å²) in [7, 11) is 0. The molecular weight excluding hydrogens is 490 g/mol. The highest BCUT2D eigenvalue weighted by molar-refractivity contribution is 7.24. The van der Waals surface area contributed by atoms with Crippen molar-refractivity contribution in [2.24, 2.45) is 0 Å². The number of hydrogen-bond donors (Lipinski definition) is 2. The Bertz CT molecular complexity index is 1740. The van der Waals surface area contributed by atoms with Crippen molar-refractivity contribution in [1.82, 2.24) is 30.0 Å². The number of hydrogen-bond acceptors (Lipinski definition) is 9. The van der Waals surface area contributed by atoms with Crippen LogP contribution in [0, 0.1) is 6.92 Å². The van der Waals surface area contributed by atoms with Gasteiger partial charge in [-0.1, -0.05) is 12.1 Å². The summed E-state index contributed by atoms with van der Waals surface area (Å²) in [6.07, 6.45) is 3.73. The number of nitrogens with one attached hydrogen (secondary N) is 2. The van der Waals surface area contributed by atoms with Crippen molar-refractivity contribution in [3.8, 4) is 0 Å². The Morgan fingerprint density at radius 3 is 2.73 bits per heavy atom. The maximum atomic E-state index is 13.7. The monoisotopic (exact) mass is 513 g/mol. The van der Waals surface area contributed by atoms with Gasteiger partial charge in [-0.3, -0.25) is 29.1 Å². The van der Waals surface area contributed by atoms with Crippen molar-refractivity contribution in [2.45, 2.75) is 13.3 Å². The molecule has 10 nitrogen and oxygen atoms in total. The van der Waals surface area contributed by atoms with Gasteiger partial charge >= 0.3 is 0 Å². The molecule has 5 aromatic rings. The number of nitrogens with zero attached hydrogens (tertiary/aromatic N) is 5. The van der Waals surface area contributed by atoms with E-state index in [1.54, 1.807) is 13.0 Å². The van der Waals surface area contributed by atoms with Crippen LogP contribution in [0.5, 0.6) is 0 Å². The van der Waals surface area contributed by atoms with Gasteiger partial charge < -0.3 is 10.2 Å². The number of amides is 2. The predicted octanol–water partition coefficient (Wildman–Crippen LogP) is 2.53. The number of para-hydroxylation sites is 1. The Morgan fingerprint density at radius 2 is 1.89 bits per heavy atom. The van der Waals surface area contributed by atoms with Crippen LogP contribution in [0.25, 0.3) is 26.1 Å². The Balaban J connectivity index is 1.52. The lowest BCUT2D eigenvalue weighted by atomic mass is 10.1. The molecule has 0 saturated carbocycles. The first kappa shape index (κ1) is 23.2. The van der Waals surface area contributed by atoms with Crippen LogP contribution in [-0.2, 0) is 0 Å². The van der Waals surface area contributed by atoms with Gasteiger partial charge in [0, 0.05) is 25.8 Å². The molecule has 5 heterocycles. The van der Waals surface area contributed by atoms with E-state index in [0.29, 0.717) is 21.6 Å². The number of pyridine rings is 2. The summed E-state index contributed by atoms with van der Waals surface area (Å²) in [5, 5.41) is 6.02. The minimum absolute atomic E-state index is 0.00864. The van der Waals surface area contributed by atoms with E-state index in [1.165, 1.54) is 23.7 Å². The number of carbonyl (C=O) groups is 2. The molecule has 0 atom stereocenters. The molecule has 2 N–H and O–H groups in total. The second kappa shape index (κ2) is 9.34. The lowest BCUT2D eigenvalue weighted by Gasteiger charge is -2.21. The number of rotatable bonds is 3. The number of anilines is 1. The number of thiazole rings is 1. The molecule has 1 aliphatic heterocycles. The number of fused-ring (bicyclic) bond motifs is 5. The summed E-state index contributed by atoms with van der Waals surface area (Å²) in [5.74, 6) is -0.726. The minimum Gasteiger partial charge on any atom is -0.355 e. The number of aromatic nitrogens is 4. The molecular formula is C26H23N7O3S. The van der Waals surface area contributed by atoms with Crippen molar-refractivity contribution in [1.29, 1.82) is 0 Å². The summed E-state index contributed by atoms with van der Waals surface area (Å²) < 4.78 is 2.74. The van der Waals surface area contributed by atoms with Crippen LogP contribution in [0.15, 0.2) is 53.6 Å². The van der Waals surface area contributed by atoms with Crippen molar-refractivity contribution in [3.05, 3.63) is 76.0 Å². The van der Waals surface area contributed by atoms with Crippen LogP contribution in [-0.4, -0.2) is 57.3 Å². The number of carbonyl (C=O) groups excluding carboxylic acids is 2. The minimum atomic E-state index is -0.786. The zero-order chi connectivity index (χ0) is 25.5. The van der Waals surface area contributed by atoms with Gasteiger partial charge in [0.2, 0.25) is 5.43 Å². The summed E-state index contributed by atoms with van der Waals surface area (Å²) in [4.78, 5) is 55.4. The third kappa shape index (κ3) is 4.11. The highest BCUT2D eigenvalue weighted by Crippen LogP contribution is 2.31. The van der Waals surface area contributed by atoms with Crippen LogP contribution in [0.1, 0.15) is 33.0 Å². The van der Waals surface area contributed by atoms with Crippen molar-refractivity contribution in [2.75, 3.05) is 31.1 Å². The molecule has 4 aromatic heterocycles. The van der Waals surface area contributed by atoms with Gasteiger partial charge in [-0.15, -0.1) is 11.3 Å². The zero-order valence-electron chi connectivity index (χ0n) is 20.0. The van der Waals surface area contributed by atoms with E-state index in [9.17, 15) is 14.4 Å². The fourth-order valence-electron chi connectivity index (χ4n) is 4.57. The van der Waals surface area contributed by atoms with Gasteiger partial charge in [-0.25, -0.2) is 9.97 Å². The fraction of sp³-hybridized carbons (Fsp3) is 0.231. The second-order valence-electron chi connectivity index (χ2n) is 8.87. The molecule has 0 bridgehead atoms. The van der Waals surface area contributed by atoms with E-state index >= 15 is 0 Å². The van der Waals surface area contributed by atoms with Gasteiger partial charge in [0.05, 0.1) is 27.5 Å². The van der Waals surface area contributed by atoms with Crippen LogP contribution in [0.3, 0.4) is 0 Å². The molecule has 1 aromatic carbocycles. The fourth-order valence-corrected chi connectivity index (χ4v) is 5.75.